The van der Waals surface area contributed by atoms with Gasteiger partial charge in [0.05, 0.1) is 18.9 Å². The highest BCUT2D eigenvalue weighted by atomic mass is 19.4. The fourth-order valence-corrected chi connectivity index (χ4v) is 2.01. The molecule has 0 aliphatic carbocycles. The molecule has 0 heterocycles. The molecule has 1 atom stereocenters. The lowest BCUT2D eigenvalue weighted by Crippen LogP contribution is -2.08. The summed E-state index contributed by atoms with van der Waals surface area (Å²) in [5, 5.41) is 8.88. The largest absolute Gasteiger partial charge is 0.494 e. The van der Waals surface area contributed by atoms with E-state index in [1.165, 1.54) is 0 Å². The number of hydrogen-bond acceptors (Lipinski definition) is 2. The standard InChI is InChI=1S/C17H19F3O3/c1-2-5-14(12-16(21)22)13-6-8-15(9-7-13)23-11-4-3-10-17(18,19)20/h6-9,14H,3-4,10-12H2,1H3,(H,21,22). The molecule has 0 spiro atoms. The topological polar surface area (TPSA) is 46.5 Å². The molecule has 1 N–H and O–H groups in total. The summed E-state index contributed by atoms with van der Waals surface area (Å²) in [7, 11) is 0. The monoisotopic (exact) mass is 328 g/mol. The normalized spacial score (nSPS) is 12.2. The van der Waals surface area contributed by atoms with Crippen molar-refractivity contribution in [1.82, 2.24) is 0 Å². The van der Waals surface area contributed by atoms with Gasteiger partial charge in [-0.2, -0.15) is 13.2 Å². The number of hydrogen-bond donors (Lipinski definition) is 1. The molecule has 3 nitrogen and oxygen atoms in total. The third kappa shape index (κ3) is 8.15. The molecule has 1 aromatic rings. The van der Waals surface area contributed by atoms with E-state index >= 15 is 0 Å². The second kappa shape index (κ2) is 9.09. The van der Waals surface area contributed by atoms with Crippen LogP contribution in [0, 0.1) is 11.8 Å². The fourth-order valence-electron chi connectivity index (χ4n) is 2.01. The summed E-state index contributed by atoms with van der Waals surface area (Å²) < 4.78 is 41.3. The van der Waals surface area contributed by atoms with Gasteiger partial charge in [0.25, 0.3) is 0 Å². The maximum atomic E-state index is 12.0. The van der Waals surface area contributed by atoms with Gasteiger partial charge in [0, 0.05) is 6.42 Å². The predicted molar refractivity (Wildman–Crippen MR) is 80.3 cm³/mol. The number of benzene rings is 1. The number of unbranched alkanes of at least 4 members (excludes halogenated alkanes) is 1. The first-order valence-electron chi connectivity index (χ1n) is 7.25. The van der Waals surface area contributed by atoms with Crippen molar-refractivity contribution < 1.29 is 27.8 Å². The van der Waals surface area contributed by atoms with Gasteiger partial charge < -0.3 is 9.84 Å². The number of halogens is 3. The van der Waals surface area contributed by atoms with Gasteiger partial charge in [0.1, 0.15) is 5.75 Å². The van der Waals surface area contributed by atoms with Crippen LogP contribution in [0.4, 0.5) is 13.2 Å². The molecular formula is C17H19F3O3. The SMILES string of the molecule is CC#CC(CC(=O)O)c1ccc(OCCCCC(F)(F)F)cc1. The lowest BCUT2D eigenvalue weighted by atomic mass is 9.96. The zero-order valence-corrected chi connectivity index (χ0v) is 12.8. The number of rotatable bonds is 8. The number of ether oxygens (including phenoxy) is 1. The molecule has 126 valence electrons. The first-order chi connectivity index (χ1) is 10.8. The smallest absolute Gasteiger partial charge is 0.389 e. The third-order valence-corrected chi connectivity index (χ3v) is 3.10. The van der Waals surface area contributed by atoms with Crippen LogP contribution in [0.3, 0.4) is 0 Å². The summed E-state index contributed by atoms with van der Waals surface area (Å²) in [4.78, 5) is 10.8. The molecule has 1 rings (SSSR count). The van der Waals surface area contributed by atoms with Gasteiger partial charge in [-0.1, -0.05) is 18.1 Å². The molecule has 0 aromatic heterocycles. The number of carboxylic acid groups (broad SMARTS) is 1. The number of carboxylic acids is 1. The van der Waals surface area contributed by atoms with Crippen molar-refractivity contribution in [2.75, 3.05) is 6.61 Å². The molecule has 0 bridgehead atoms. The van der Waals surface area contributed by atoms with E-state index in [4.69, 9.17) is 9.84 Å². The van der Waals surface area contributed by atoms with Crippen molar-refractivity contribution in [3.05, 3.63) is 29.8 Å². The van der Waals surface area contributed by atoms with Crippen LogP contribution >= 0.6 is 0 Å². The van der Waals surface area contributed by atoms with Crippen LogP contribution in [0.25, 0.3) is 0 Å². The van der Waals surface area contributed by atoms with Crippen LogP contribution in [0.2, 0.25) is 0 Å². The lowest BCUT2D eigenvalue weighted by Gasteiger charge is -2.11. The predicted octanol–water partition coefficient (Wildman–Crippen LogP) is 4.38. The highest BCUT2D eigenvalue weighted by Gasteiger charge is 2.25. The molecule has 1 unspecified atom stereocenters. The summed E-state index contributed by atoms with van der Waals surface area (Å²) in [6.07, 6.45) is -4.65. The van der Waals surface area contributed by atoms with E-state index in [1.807, 2.05) is 0 Å². The first-order valence-corrected chi connectivity index (χ1v) is 7.25. The number of alkyl halides is 3. The van der Waals surface area contributed by atoms with Crippen molar-refractivity contribution in [2.45, 2.75) is 44.7 Å². The Morgan fingerprint density at radius 1 is 1.26 bits per heavy atom. The Morgan fingerprint density at radius 2 is 1.91 bits per heavy atom. The second-order valence-corrected chi connectivity index (χ2v) is 5.03. The van der Waals surface area contributed by atoms with Gasteiger partial charge >= 0.3 is 12.1 Å². The molecule has 0 aliphatic heterocycles. The van der Waals surface area contributed by atoms with Crippen LogP contribution in [-0.4, -0.2) is 23.9 Å². The van der Waals surface area contributed by atoms with E-state index in [0.29, 0.717) is 12.2 Å². The summed E-state index contributed by atoms with van der Waals surface area (Å²) in [5.74, 6) is 4.78. The molecule has 0 aliphatic rings. The lowest BCUT2D eigenvalue weighted by molar-refractivity contribution is -0.137. The van der Waals surface area contributed by atoms with Crippen LogP contribution in [0.15, 0.2) is 24.3 Å². The maximum Gasteiger partial charge on any atom is 0.389 e. The van der Waals surface area contributed by atoms with Crippen LogP contribution in [0.1, 0.15) is 44.1 Å². The maximum absolute atomic E-state index is 12.0. The minimum atomic E-state index is -4.12. The number of carbonyl (C=O) groups is 1. The molecule has 0 fully saturated rings. The van der Waals surface area contributed by atoms with E-state index < -0.39 is 24.5 Å². The quantitative estimate of drug-likeness (QED) is 0.569. The van der Waals surface area contributed by atoms with Crippen LogP contribution in [0.5, 0.6) is 5.75 Å². The Kier molecular flexibility index (Phi) is 7.46. The third-order valence-electron chi connectivity index (χ3n) is 3.10. The summed E-state index contributed by atoms with van der Waals surface area (Å²) >= 11 is 0. The van der Waals surface area contributed by atoms with Crippen molar-refractivity contribution >= 4 is 5.97 Å². The summed E-state index contributed by atoms with van der Waals surface area (Å²) in [5.41, 5.74) is 0.770. The van der Waals surface area contributed by atoms with Crippen molar-refractivity contribution in [1.29, 1.82) is 0 Å². The van der Waals surface area contributed by atoms with Gasteiger partial charge in [-0.05, 0) is 37.5 Å². The molecule has 0 saturated carbocycles. The Morgan fingerprint density at radius 3 is 2.43 bits per heavy atom. The molecule has 6 heteroatoms. The fraction of sp³-hybridized carbons (Fsp3) is 0.471. The van der Waals surface area contributed by atoms with Crippen molar-refractivity contribution in [2.24, 2.45) is 0 Å². The van der Waals surface area contributed by atoms with E-state index in [2.05, 4.69) is 11.8 Å². The van der Waals surface area contributed by atoms with Crippen molar-refractivity contribution in [3.63, 3.8) is 0 Å². The molecule has 0 radical (unpaired) electrons. The van der Waals surface area contributed by atoms with Gasteiger partial charge in [-0.15, -0.1) is 5.92 Å². The van der Waals surface area contributed by atoms with E-state index in [-0.39, 0.29) is 19.4 Å². The zero-order chi connectivity index (χ0) is 17.3. The highest BCUT2D eigenvalue weighted by molar-refractivity contribution is 5.69. The Bertz CT molecular complexity index is 553. The van der Waals surface area contributed by atoms with E-state index in [9.17, 15) is 18.0 Å². The van der Waals surface area contributed by atoms with Gasteiger partial charge in [0.2, 0.25) is 0 Å². The molecule has 1 aromatic carbocycles. The number of aliphatic carboxylic acids is 1. The Labute approximate surface area is 133 Å². The highest BCUT2D eigenvalue weighted by Crippen LogP contribution is 2.24. The molecular weight excluding hydrogens is 309 g/mol. The van der Waals surface area contributed by atoms with Gasteiger partial charge in [-0.25, -0.2) is 0 Å². The summed E-state index contributed by atoms with van der Waals surface area (Å²) in [6, 6.07) is 6.79. The van der Waals surface area contributed by atoms with Crippen LogP contribution in [-0.2, 0) is 4.79 Å². The molecule has 0 amide bonds. The van der Waals surface area contributed by atoms with Gasteiger partial charge in [-0.3, -0.25) is 4.79 Å². The minimum absolute atomic E-state index is 0.0361. The minimum Gasteiger partial charge on any atom is -0.494 e. The average molecular weight is 328 g/mol. The van der Waals surface area contributed by atoms with E-state index in [1.54, 1.807) is 31.2 Å². The molecule has 23 heavy (non-hydrogen) atoms. The van der Waals surface area contributed by atoms with Crippen molar-refractivity contribution in [3.8, 4) is 17.6 Å². The molecule has 0 saturated heterocycles. The zero-order valence-electron chi connectivity index (χ0n) is 12.8. The average Bonchev–Trinajstić information content (AvgIpc) is 2.45. The summed E-state index contributed by atoms with van der Waals surface area (Å²) in [6.45, 7) is 1.86. The Hall–Kier alpha value is -2.16. The Balaban J connectivity index is 2.48. The van der Waals surface area contributed by atoms with Gasteiger partial charge in [0.15, 0.2) is 0 Å². The first kappa shape index (κ1) is 18.9. The van der Waals surface area contributed by atoms with Crippen LogP contribution < -0.4 is 4.74 Å². The second-order valence-electron chi connectivity index (χ2n) is 5.03. The van der Waals surface area contributed by atoms with E-state index in [0.717, 1.165) is 5.56 Å².